The Morgan fingerprint density at radius 3 is 2.62 bits per heavy atom. The largest absolute Gasteiger partial charge is 0.463 e. The Hall–Kier alpha value is -2.62. The van der Waals surface area contributed by atoms with Gasteiger partial charge >= 0.3 is 5.97 Å². The van der Waals surface area contributed by atoms with E-state index in [-0.39, 0.29) is 5.82 Å². The zero-order chi connectivity index (χ0) is 15.1. The summed E-state index contributed by atoms with van der Waals surface area (Å²) in [5, 5.41) is 3.05. The van der Waals surface area contributed by atoms with Gasteiger partial charge in [-0.25, -0.2) is 9.18 Å². The molecule has 0 spiro atoms. The number of nitrogens with one attached hydrogen (secondary N) is 1. The summed E-state index contributed by atoms with van der Waals surface area (Å²) in [5.41, 5.74) is 1.93. The van der Waals surface area contributed by atoms with E-state index in [0.717, 1.165) is 5.56 Å². The van der Waals surface area contributed by atoms with Gasteiger partial charge in [0.1, 0.15) is 5.82 Å². The van der Waals surface area contributed by atoms with Gasteiger partial charge in [0.25, 0.3) is 0 Å². The van der Waals surface area contributed by atoms with Crippen molar-refractivity contribution in [1.29, 1.82) is 0 Å². The number of halogens is 1. The van der Waals surface area contributed by atoms with E-state index < -0.39 is 5.97 Å². The van der Waals surface area contributed by atoms with Crippen molar-refractivity contribution in [2.45, 2.75) is 6.92 Å². The van der Waals surface area contributed by atoms with Crippen molar-refractivity contribution in [3.05, 3.63) is 72.1 Å². The Morgan fingerprint density at radius 2 is 1.95 bits per heavy atom. The third kappa shape index (κ3) is 4.45. The molecule has 0 atom stereocenters. The topological polar surface area (TPSA) is 38.3 Å². The van der Waals surface area contributed by atoms with Crippen molar-refractivity contribution in [3.63, 3.8) is 0 Å². The van der Waals surface area contributed by atoms with Crippen molar-refractivity contribution in [2.75, 3.05) is 11.9 Å². The standard InChI is InChI=1S/C17H16FNO2/c1-2-21-17(20)12-16(13-7-4-3-5-8-13)19-15-10-6-9-14(18)11-15/h3-12,19H,2H2,1H3/b16-12-. The van der Waals surface area contributed by atoms with Crippen molar-refractivity contribution in [3.8, 4) is 0 Å². The Balaban J connectivity index is 2.30. The quantitative estimate of drug-likeness (QED) is 0.670. The number of carbonyl (C=O) groups excluding carboxylic acids is 1. The Labute approximate surface area is 123 Å². The minimum Gasteiger partial charge on any atom is -0.463 e. The van der Waals surface area contributed by atoms with Crippen molar-refractivity contribution in [1.82, 2.24) is 0 Å². The fraction of sp³-hybridized carbons (Fsp3) is 0.118. The van der Waals surface area contributed by atoms with Gasteiger partial charge < -0.3 is 10.1 Å². The molecule has 0 aliphatic carbocycles. The van der Waals surface area contributed by atoms with Crippen LogP contribution >= 0.6 is 0 Å². The Bertz CT molecular complexity index is 638. The average Bonchev–Trinajstić information content (AvgIpc) is 2.48. The van der Waals surface area contributed by atoms with Gasteiger partial charge in [-0.3, -0.25) is 0 Å². The fourth-order valence-electron chi connectivity index (χ4n) is 1.83. The lowest BCUT2D eigenvalue weighted by Gasteiger charge is -2.11. The van der Waals surface area contributed by atoms with Crippen LogP contribution < -0.4 is 5.32 Å². The summed E-state index contributed by atoms with van der Waals surface area (Å²) in [6.45, 7) is 2.05. The zero-order valence-corrected chi connectivity index (χ0v) is 11.7. The highest BCUT2D eigenvalue weighted by Crippen LogP contribution is 2.19. The van der Waals surface area contributed by atoms with E-state index in [4.69, 9.17) is 4.74 Å². The number of rotatable bonds is 5. The summed E-state index contributed by atoms with van der Waals surface area (Å²) in [6, 6.07) is 15.4. The van der Waals surface area contributed by atoms with Crippen molar-refractivity contribution < 1.29 is 13.9 Å². The Morgan fingerprint density at radius 1 is 1.19 bits per heavy atom. The molecule has 0 radical (unpaired) electrons. The number of hydrogen-bond acceptors (Lipinski definition) is 3. The number of hydrogen-bond donors (Lipinski definition) is 1. The van der Waals surface area contributed by atoms with Crippen LogP contribution in [0.5, 0.6) is 0 Å². The zero-order valence-electron chi connectivity index (χ0n) is 11.7. The van der Waals surface area contributed by atoms with E-state index in [2.05, 4.69) is 5.32 Å². The maximum absolute atomic E-state index is 13.3. The van der Waals surface area contributed by atoms with Crippen LogP contribution in [0.25, 0.3) is 5.70 Å². The smallest absolute Gasteiger partial charge is 0.332 e. The molecule has 2 aromatic rings. The molecule has 2 rings (SSSR count). The first-order valence-electron chi connectivity index (χ1n) is 6.65. The number of carbonyl (C=O) groups is 1. The molecule has 2 aromatic carbocycles. The summed E-state index contributed by atoms with van der Waals surface area (Å²) in [5.74, 6) is -0.788. The first kappa shape index (κ1) is 14.8. The minimum absolute atomic E-state index is 0.303. The van der Waals surface area contributed by atoms with Crippen molar-refractivity contribution in [2.24, 2.45) is 0 Å². The second-order valence-electron chi connectivity index (χ2n) is 4.31. The molecule has 0 saturated carbocycles. The molecule has 21 heavy (non-hydrogen) atoms. The van der Waals surface area contributed by atoms with E-state index in [9.17, 15) is 9.18 Å². The molecule has 0 heterocycles. The van der Waals surface area contributed by atoms with E-state index >= 15 is 0 Å². The van der Waals surface area contributed by atoms with Gasteiger partial charge in [0.05, 0.1) is 12.3 Å². The molecule has 0 bridgehead atoms. The summed E-state index contributed by atoms with van der Waals surface area (Å²) < 4.78 is 18.2. The van der Waals surface area contributed by atoms with Gasteiger partial charge in [0.2, 0.25) is 0 Å². The van der Waals surface area contributed by atoms with Gasteiger partial charge in [-0.05, 0) is 30.7 Å². The monoisotopic (exact) mass is 285 g/mol. The van der Waals surface area contributed by atoms with E-state index in [1.54, 1.807) is 19.1 Å². The van der Waals surface area contributed by atoms with E-state index in [0.29, 0.717) is 18.0 Å². The third-order valence-corrected chi connectivity index (χ3v) is 2.74. The number of ether oxygens (including phenoxy) is 1. The molecule has 0 aliphatic rings. The summed E-state index contributed by atoms with van der Waals surface area (Å²) in [6.07, 6.45) is 1.36. The lowest BCUT2D eigenvalue weighted by atomic mass is 10.1. The maximum Gasteiger partial charge on any atom is 0.332 e. The molecule has 0 amide bonds. The maximum atomic E-state index is 13.3. The average molecular weight is 285 g/mol. The number of benzene rings is 2. The second kappa shape index (κ2) is 7.24. The highest BCUT2D eigenvalue weighted by Gasteiger charge is 2.06. The molecule has 4 heteroatoms. The van der Waals surface area contributed by atoms with E-state index in [1.807, 2.05) is 30.3 Å². The lowest BCUT2D eigenvalue weighted by Crippen LogP contribution is -2.06. The molecule has 108 valence electrons. The predicted molar refractivity (Wildman–Crippen MR) is 81.1 cm³/mol. The molecule has 0 unspecified atom stereocenters. The van der Waals surface area contributed by atoms with Gasteiger partial charge in [-0.1, -0.05) is 36.4 Å². The molecule has 0 aliphatic heterocycles. The van der Waals surface area contributed by atoms with Crippen LogP contribution in [0, 0.1) is 5.82 Å². The van der Waals surface area contributed by atoms with Crippen LogP contribution in [0.4, 0.5) is 10.1 Å². The van der Waals surface area contributed by atoms with Crippen LogP contribution in [-0.4, -0.2) is 12.6 Å². The third-order valence-electron chi connectivity index (χ3n) is 2.74. The second-order valence-corrected chi connectivity index (χ2v) is 4.31. The molecule has 1 N–H and O–H groups in total. The van der Waals surface area contributed by atoms with Gasteiger partial charge in [0.15, 0.2) is 0 Å². The predicted octanol–water partition coefficient (Wildman–Crippen LogP) is 3.84. The highest BCUT2D eigenvalue weighted by atomic mass is 19.1. The first-order chi connectivity index (χ1) is 10.2. The fourth-order valence-corrected chi connectivity index (χ4v) is 1.83. The highest BCUT2D eigenvalue weighted by molar-refractivity contribution is 5.94. The lowest BCUT2D eigenvalue weighted by molar-refractivity contribution is -0.137. The van der Waals surface area contributed by atoms with E-state index in [1.165, 1.54) is 18.2 Å². The number of esters is 1. The Kier molecular flexibility index (Phi) is 5.10. The van der Waals surface area contributed by atoms with Crippen molar-refractivity contribution >= 4 is 17.4 Å². The van der Waals surface area contributed by atoms with Gasteiger partial charge in [-0.2, -0.15) is 0 Å². The molecule has 0 saturated heterocycles. The van der Waals surface area contributed by atoms with Gasteiger partial charge in [-0.15, -0.1) is 0 Å². The molecule has 0 fully saturated rings. The SMILES string of the molecule is CCOC(=O)/C=C(\Nc1cccc(F)c1)c1ccccc1. The van der Waals surface area contributed by atoms with Crippen LogP contribution in [0.15, 0.2) is 60.7 Å². The van der Waals surface area contributed by atoms with Crippen LogP contribution in [0.2, 0.25) is 0 Å². The number of anilines is 1. The summed E-state index contributed by atoms with van der Waals surface area (Å²) in [7, 11) is 0. The van der Waals surface area contributed by atoms with Gasteiger partial charge in [0, 0.05) is 11.8 Å². The molecular weight excluding hydrogens is 269 g/mol. The summed E-state index contributed by atoms with van der Waals surface area (Å²) >= 11 is 0. The molecular formula is C17H16FNO2. The normalized spacial score (nSPS) is 11.0. The van der Waals surface area contributed by atoms with Crippen LogP contribution in [0.3, 0.4) is 0 Å². The minimum atomic E-state index is -0.444. The first-order valence-corrected chi connectivity index (χ1v) is 6.65. The van der Waals surface area contributed by atoms with Crippen LogP contribution in [-0.2, 0) is 9.53 Å². The summed E-state index contributed by atoms with van der Waals surface area (Å²) in [4.78, 5) is 11.7. The molecule has 3 nitrogen and oxygen atoms in total. The van der Waals surface area contributed by atoms with Crippen LogP contribution in [0.1, 0.15) is 12.5 Å². The molecule has 0 aromatic heterocycles.